The van der Waals surface area contributed by atoms with Gasteiger partial charge >= 0.3 is 0 Å². The number of likely N-dealkylation sites (N-methyl/N-ethyl adjacent to an activating group) is 1. The first-order chi connectivity index (χ1) is 6.00. The maximum absolute atomic E-state index is 11.6. The molecule has 2 N–H and O–H groups in total. The van der Waals surface area contributed by atoms with E-state index < -0.39 is 0 Å². The molecule has 3 nitrogen and oxygen atoms in total. The molecule has 0 unspecified atom stereocenters. The molecule has 3 heteroatoms. The van der Waals surface area contributed by atoms with Crippen molar-refractivity contribution >= 4 is 5.91 Å². The van der Waals surface area contributed by atoms with Gasteiger partial charge in [-0.1, -0.05) is 27.2 Å². The van der Waals surface area contributed by atoms with Gasteiger partial charge in [-0.05, 0) is 12.3 Å². The number of unbranched alkanes of at least 4 members (excludes halogenated alkanes) is 1. The third kappa shape index (κ3) is 4.27. The van der Waals surface area contributed by atoms with Crippen molar-refractivity contribution < 1.29 is 4.79 Å². The molecule has 0 aromatic carbocycles. The molecule has 1 amide bonds. The van der Waals surface area contributed by atoms with Gasteiger partial charge in [0.15, 0.2) is 0 Å². The molecule has 0 saturated heterocycles. The Labute approximate surface area is 81.3 Å². The molecule has 13 heavy (non-hydrogen) atoms. The molecule has 0 spiro atoms. The van der Waals surface area contributed by atoms with Crippen LogP contribution in [0.2, 0.25) is 0 Å². The highest BCUT2D eigenvalue weighted by molar-refractivity contribution is 5.81. The van der Waals surface area contributed by atoms with Gasteiger partial charge in [0.2, 0.25) is 5.91 Å². The molecule has 0 fully saturated rings. The number of amides is 1. The van der Waals surface area contributed by atoms with Crippen molar-refractivity contribution in [3.8, 4) is 0 Å². The lowest BCUT2D eigenvalue weighted by Gasteiger charge is -2.23. The first kappa shape index (κ1) is 12.4. The Bertz CT molecular complexity index is 157. The Morgan fingerprint density at radius 3 is 2.38 bits per heavy atom. The molecular weight excluding hydrogens is 164 g/mol. The number of hydrogen-bond acceptors (Lipinski definition) is 2. The second kappa shape index (κ2) is 5.97. The Morgan fingerprint density at radius 1 is 1.46 bits per heavy atom. The summed E-state index contributed by atoms with van der Waals surface area (Å²) in [4.78, 5) is 13.3. The lowest BCUT2D eigenvalue weighted by Crippen LogP contribution is -2.45. The van der Waals surface area contributed by atoms with Crippen LogP contribution in [0.5, 0.6) is 0 Å². The van der Waals surface area contributed by atoms with Crippen LogP contribution in [0, 0.1) is 5.92 Å². The lowest BCUT2D eigenvalue weighted by atomic mass is 10.0. The minimum Gasteiger partial charge on any atom is -0.344 e. The third-order valence-electron chi connectivity index (χ3n) is 2.23. The van der Waals surface area contributed by atoms with E-state index in [-0.39, 0.29) is 17.9 Å². The van der Waals surface area contributed by atoms with Crippen LogP contribution in [-0.4, -0.2) is 30.4 Å². The Morgan fingerprint density at radius 2 is 2.00 bits per heavy atom. The van der Waals surface area contributed by atoms with E-state index in [2.05, 4.69) is 6.92 Å². The van der Waals surface area contributed by atoms with Gasteiger partial charge in [-0.15, -0.1) is 0 Å². The minimum atomic E-state index is -0.346. The summed E-state index contributed by atoms with van der Waals surface area (Å²) in [5.41, 5.74) is 5.74. The first-order valence-electron chi connectivity index (χ1n) is 5.01. The van der Waals surface area contributed by atoms with Crippen LogP contribution in [0.15, 0.2) is 0 Å². The summed E-state index contributed by atoms with van der Waals surface area (Å²) >= 11 is 0. The van der Waals surface area contributed by atoms with Gasteiger partial charge in [-0.2, -0.15) is 0 Å². The van der Waals surface area contributed by atoms with Gasteiger partial charge in [-0.25, -0.2) is 0 Å². The highest BCUT2D eigenvalue weighted by atomic mass is 16.2. The van der Waals surface area contributed by atoms with Crippen LogP contribution in [0.3, 0.4) is 0 Å². The standard InChI is InChI=1S/C10H22N2O/c1-5-6-7-12(4)10(13)9(11)8(2)3/h8-9H,5-7,11H2,1-4H3/t9-/m0/s1. The zero-order valence-electron chi connectivity index (χ0n) is 9.21. The maximum Gasteiger partial charge on any atom is 0.239 e. The van der Waals surface area contributed by atoms with Crippen molar-refractivity contribution in [2.75, 3.05) is 13.6 Å². The molecular formula is C10H22N2O. The summed E-state index contributed by atoms with van der Waals surface area (Å²) in [7, 11) is 1.82. The zero-order valence-corrected chi connectivity index (χ0v) is 9.21. The summed E-state index contributed by atoms with van der Waals surface area (Å²) < 4.78 is 0. The highest BCUT2D eigenvalue weighted by Gasteiger charge is 2.20. The fourth-order valence-corrected chi connectivity index (χ4v) is 1.05. The van der Waals surface area contributed by atoms with E-state index in [9.17, 15) is 4.79 Å². The predicted molar refractivity (Wildman–Crippen MR) is 55.4 cm³/mol. The van der Waals surface area contributed by atoms with E-state index in [1.807, 2.05) is 20.9 Å². The SMILES string of the molecule is CCCCN(C)C(=O)[C@@H](N)C(C)C. The van der Waals surface area contributed by atoms with Crippen LogP contribution in [0.25, 0.3) is 0 Å². The van der Waals surface area contributed by atoms with E-state index in [1.165, 1.54) is 0 Å². The Hall–Kier alpha value is -0.570. The predicted octanol–water partition coefficient (Wildman–Crippen LogP) is 1.23. The smallest absolute Gasteiger partial charge is 0.239 e. The lowest BCUT2D eigenvalue weighted by molar-refractivity contribution is -0.132. The molecule has 1 atom stereocenters. The largest absolute Gasteiger partial charge is 0.344 e. The van der Waals surface area contributed by atoms with Crippen molar-refractivity contribution in [1.29, 1.82) is 0 Å². The van der Waals surface area contributed by atoms with E-state index in [0.717, 1.165) is 19.4 Å². The van der Waals surface area contributed by atoms with E-state index in [4.69, 9.17) is 5.73 Å². The second-order valence-electron chi connectivity index (χ2n) is 3.88. The van der Waals surface area contributed by atoms with Crippen LogP contribution in [-0.2, 0) is 4.79 Å². The van der Waals surface area contributed by atoms with E-state index in [0.29, 0.717) is 0 Å². The van der Waals surface area contributed by atoms with Gasteiger partial charge in [0.05, 0.1) is 6.04 Å². The molecule has 0 aliphatic heterocycles. The molecule has 0 radical (unpaired) electrons. The molecule has 0 rings (SSSR count). The topological polar surface area (TPSA) is 46.3 Å². The normalized spacial score (nSPS) is 13.1. The Kier molecular flexibility index (Phi) is 5.71. The molecule has 0 bridgehead atoms. The van der Waals surface area contributed by atoms with Crippen LogP contribution in [0.4, 0.5) is 0 Å². The molecule has 0 saturated carbocycles. The first-order valence-corrected chi connectivity index (χ1v) is 5.01. The van der Waals surface area contributed by atoms with Crippen molar-refractivity contribution in [3.05, 3.63) is 0 Å². The van der Waals surface area contributed by atoms with Crippen molar-refractivity contribution in [3.63, 3.8) is 0 Å². The summed E-state index contributed by atoms with van der Waals surface area (Å²) in [5.74, 6) is 0.278. The van der Waals surface area contributed by atoms with Crippen molar-refractivity contribution in [2.45, 2.75) is 39.7 Å². The molecule has 0 heterocycles. The number of rotatable bonds is 5. The zero-order chi connectivity index (χ0) is 10.4. The average molecular weight is 186 g/mol. The van der Waals surface area contributed by atoms with Crippen LogP contribution < -0.4 is 5.73 Å². The maximum atomic E-state index is 11.6. The van der Waals surface area contributed by atoms with Gasteiger partial charge in [0.25, 0.3) is 0 Å². The van der Waals surface area contributed by atoms with Gasteiger partial charge in [0.1, 0.15) is 0 Å². The molecule has 0 aliphatic carbocycles. The molecule has 0 aromatic heterocycles. The second-order valence-corrected chi connectivity index (χ2v) is 3.88. The number of nitrogens with zero attached hydrogens (tertiary/aromatic N) is 1. The monoisotopic (exact) mass is 186 g/mol. The van der Waals surface area contributed by atoms with E-state index >= 15 is 0 Å². The Balaban J connectivity index is 3.94. The summed E-state index contributed by atoms with van der Waals surface area (Å²) in [6.07, 6.45) is 2.15. The fourth-order valence-electron chi connectivity index (χ4n) is 1.05. The van der Waals surface area contributed by atoms with Crippen molar-refractivity contribution in [1.82, 2.24) is 4.90 Å². The number of carbonyl (C=O) groups is 1. The fraction of sp³-hybridized carbons (Fsp3) is 0.900. The average Bonchev–Trinajstić information content (AvgIpc) is 2.11. The van der Waals surface area contributed by atoms with Gasteiger partial charge < -0.3 is 10.6 Å². The third-order valence-corrected chi connectivity index (χ3v) is 2.23. The van der Waals surface area contributed by atoms with Gasteiger partial charge in [0, 0.05) is 13.6 Å². The van der Waals surface area contributed by atoms with E-state index in [1.54, 1.807) is 4.90 Å². The van der Waals surface area contributed by atoms with Crippen LogP contribution in [0.1, 0.15) is 33.6 Å². The number of hydrogen-bond donors (Lipinski definition) is 1. The number of nitrogens with two attached hydrogens (primary N) is 1. The summed E-state index contributed by atoms with van der Waals surface area (Å²) in [6.45, 7) is 6.86. The highest BCUT2D eigenvalue weighted by Crippen LogP contribution is 2.03. The summed E-state index contributed by atoms with van der Waals surface area (Å²) in [6, 6.07) is -0.346. The van der Waals surface area contributed by atoms with Crippen molar-refractivity contribution in [2.24, 2.45) is 11.7 Å². The van der Waals surface area contributed by atoms with Crippen LogP contribution >= 0.6 is 0 Å². The summed E-state index contributed by atoms with van der Waals surface area (Å²) in [5, 5.41) is 0. The molecule has 0 aliphatic rings. The van der Waals surface area contributed by atoms with Gasteiger partial charge in [-0.3, -0.25) is 4.79 Å². The minimum absolute atomic E-state index is 0.0588. The molecule has 0 aromatic rings. The quantitative estimate of drug-likeness (QED) is 0.702. The molecule has 78 valence electrons. The number of carbonyl (C=O) groups excluding carboxylic acids is 1.